The van der Waals surface area contributed by atoms with Crippen molar-refractivity contribution in [3.05, 3.63) is 65.7 Å². The lowest BCUT2D eigenvalue weighted by Crippen LogP contribution is -2.20. The normalized spacial score (nSPS) is 11.8. The highest BCUT2D eigenvalue weighted by molar-refractivity contribution is 5.19. The summed E-state index contributed by atoms with van der Waals surface area (Å²) in [6.07, 6.45) is 1.63. The van der Waals surface area contributed by atoms with Crippen molar-refractivity contribution in [2.75, 3.05) is 0 Å². The number of aromatic nitrogens is 1. The van der Waals surface area contributed by atoms with Crippen molar-refractivity contribution in [3.8, 4) is 6.07 Å². The summed E-state index contributed by atoms with van der Waals surface area (Å²) in [5.74, 6) is -0.275. The second-order valence-electron chi connectivity index (χ2n) is 3.79. The Morgan fingerprint density at radius 2 is 2.00 bits per heavy atom. The van der Waals surface area contributed by atoms with Gasteiger partial charge in [0, 0.05) is 18.3 Å². The number of pyridine rings is 1. The van der Waals surface area contributed by atoms with Gasteiger partial charge in [-0.2, -0.15) is 5.26 Å². The molecule has 90 valence electrons. The van der Waals surface area contributed by atoms with Gasteiger partial charge in [0.2, 0.25) is 0 Å². The van der Waals surface area contributed by atoms with Gasteiger partial charge in [0.25, 0.3) is 0 Å². The van der Waals surface area contributed by atoms with Crippen LogP contribution >= 0.6 is 0 Å². The minimum atomic E-state index is -0.536. The van der Waals surface area contributed by atoms with Gasteiger partial charge in [-0.1, -0.05) is 24.3 Å². The van der Waals surface area contributed by atoms with E-state index < -0.39 is 6.04 Å². The van der Waals surface area contributed by atoms with Crippen LogP contribution in [0.4, 0.5) is 4.39 Å². The zero-order chi connectivity index (χ0) is 12.8. The molecule has 1 unspecified atom stereocenters. The lowest BCUT2D eigenvalue weighted by Gasteiger charge is -2.11. The first kappa shape index (κ1) is 12.2. The molecule has 4 heteroatoms. The molecule has 1 atom stereocenters. The minimum absolute atomic E-state index is 0.275. The summed E-state index contributed by atoms with van der Waals surface area (Å²) < 4.78 is 13.4. The molecule has 0 saturated carbocycles. The van der Waals surface area contributed by atoms with Crippen molar-refractivity contribution in [1.29, 1.82) is 5.26 Å². The van der Waals surface area contributed by atoms with E-state index in [9.17, 15) is 4.39 Å². The molecule has 18 heavy (non-hydrogen) atoms. The van der Waals surface area contributed by atoms with Crippen molar-refractivity contribution in [2.45, 2.75) is 12.6 Å². The summed E-state index contributed by atoms with van der Waals surface area (Å²) in [5.41, 5.74) is 1.17. The molecule has 2 rings (SSSR count). The van der Waals surface area contributed by atoms with Crippen LogP contribution in [0, 0.1) is 17.1 Å². The monoisotopic (exact) mass is 241 g/mol. The van der Waals surface area contributed by atoms with Crippen LogP contribution in [-0.2, 0) is 6.54 Å². The van der Waals surface area contributed by atoms with E-state index in [4.69, 9.17) is 5.26 Å². The molecular weight excluding hydrogens is 229 g/mol. The fraction of sp³-hybridized carbons (Fsp3) is 0.143. The third-order valence-corrected chi connectivity index (χ3v) is 2.57. The SMILES string of the molecule is N#CC(NCc1ccccc1F)c1ccccn1. The predicted octanol–water partition coefficient (Wildman–Crippen LogP) is 2.58. The van der Waals surface area contributed by atoms with Gasteiger partial charge in [-0.25, -0.2) is 4.39 Å². The van der Waals surface area contributed by atoms with Gasteiger partial charge in [-0.3, -0.25) is 10.3 Å². The first-order chi connectivity index (χ1) is 8.81. The van der Waals surface area contributed by atoms with E-state index in [1.54, 1.807) is 36.5 Å². The number of rotatable bonds is 4. The predicted molar refractivity (Wildman–Crippen MR) is 65.8 cm³/mol. The maximum atomic E-state index is 13.4. The smallest absolute Gasteiger partial charge is 0.138 e. The van der Waals surface area contributed by atoms with Gasteiger partial charge >= 0.3 is 0 Å². The van der Waals surface area contributed by atoms with Crippen molar-refractivity contribution < 1.29 is 4.39 Å². The van der Waals surface area contributed by atoms with Gasteiger partial charge in [0.05, 0.1) is 11.8 Å². The summed E-state index contributed by atoms with van der Waals surface area (Å²) in [5, 5.41) is 12.1. The highest BCUT2D eigenvalue weighted by atomic mass is 19.1. The second-order valence-corrected chi connectivity index (χ2v) is 3.79. The Bertz CT molecular complexity index is 548. The van der Waals surface area contributed by atoms with E-state index in [1.807, 2.05) is 6.07 Å². The van der Waals surface area contributed by atoms with E-state index in [-0.39, 0.29) is 5.82 Å². The molecular formula is C14H12FN3. The molecule has 2 aromatic rings. The van der Waals surface area contributed by atoms with Gasteiger partial charge in [0.15, 0.2) is 0 Å². The van der Waals surface area contributed by atoms with Crippen LogP contribution in [0.1, 0.15) is 17.3 Å². The topological polar surface area (TPSA) is 48.7 Å². The Kier molecular flexibility index (Phi) is 4.00. The number of halogens is 1. The number of nitrogens with zero attached hydrogens (tertiary/aromatic N) is 2. The maximum absolute atomic E-state index is 13.4. The largest absolute Gasteiger partial charge is 0.293 e. The molecule has 0 bridgehead atoms. The average Bonchev–Trinajstić information content (AvgIpc) is 2.42. The molecule has 0 aliphatic heterocycles. The van der Waals surface area contributed by atoms with E-state index in [0.717, 1.165) is 0 Å². The molecule has 1 heterocycles. The van der Waals surface area contributed by atoms with Crippen LogP contribution in [0.25, 0.3) is 0 Å². The third kappa shape index (κ3) is 2.90. The molecule has 0 radical (unpaired) electrons. The standard InChI is InChI=1S/C14H12FN3/c15-12-6-2-1-5-11(12)10-18-14(9-16)13-7-3-4-8-17-13/h1-8,14,18H,10H2. The van der Waals surface area contributed by atoms with E-state index in [2.05, 4.69) is 16.4 Å². The number of benzene rings is 1. The summed E-state index contributed by atoms with van der Waals surface area (Å²) in [6, 6.07) is 13.4. The number of nitriles is 1. The number of hydrogen-bond acceptors (Lipinski definition) is 3. The lowest BCUT2D eigenvalue weighted by molar-refractivity contribution is 0.567. The van der Waals surface area contributed by atoms with Crippen LogP contribution in [0.15, 0.2) is 48.7 Å². The van der Waals surface area contributed by atoms with Gasteiger partial charge in [-0.15, -0.1) is 0 Å². The van der Waals surface area contributed by atoms with Crippen LogP contribution in [0.3, 0.4) is 0 Å². The molecule has 0 aliphatic carbocycles. The Morgan fingerprint density at radius 3 is 2.67 bits per heavy atom. The molecule has 1 N–H and O–H groups in total. The van der Waals surface area contributed by atoms with E-state index in [0.29, 0.717) is 17.8 Å². The highest BCUT2D eigenvalue weighted by Gasteiger charge is 2.11. The lowest BCUT2D eigenvalue weighted by atomic mass is 10.1. The summed E-state index contributed by atoms with van der Waals surface area (Å²) >= 11 is 0. The maximum Gasteiger partial charge on any atom is 0.138 e. The van der Waals surface area contributed by atoms with Crippen molar-refractivity contribution in [1.82, 2.24) is 10.3 Å². The molecule has 1 aromatic heterocycles. The van der Waals surface area contributed by atoms with Crippen LogP contribution in [0.5, 0.6) is 0 Å². The van der Waals surface area contributed by atoms with E-state index >= 15 is 0 Å². The highest BCUT2D eigenvalue weighted by Crippen LogP contribution is 2.11. The molecule has 1 aromatic carbocycles. The Morgan fingerprint density at radius 1 is 1.22 bits per heavy atom. The van der Waals surface area contributed by atoms with Crippen molar-refractivity contribution in [3.63, 3.8) is 0 Å². The first-order valence-corrected chi connectivity index (χ1v) is 5.58. The molecule has 0 spiro atoms. The quantitative estimate of drug-likeness (QED) is 0.895. The van der Waals surface area contributed by atoms with Gasteiger partial charge in [-0.05, 0) is 18.2 Å². The zero-order valence-corrected chi connectivity index (χ0v) is 9.68. The Labute approximate surface area is 105 Å². The van der Waals surface area contributed by atoms with Crippen molar-refractivity contribution in [2.24, 2.45) is 0 Å². The molecule has 0 fully saturated rings. The molecule has 0 saturated heterocycles. The van der Waals surface area contributed by atoms with E-state index in [1.165, 1.54) is 6.07 Å². The summed E-state index contributed by atoms with van der Waals surface area (Å²) in [4.78, 5) is 4.11. The zero-order valence-electron chi connectivity index (χ0n) is 9.68. The summed E-state index contributed by atoms with van der Waals surface area (Å²) in [6.45, 7) is 0.293. The van der Waals surface area contributed by atoms with Crippen LogP contribution < -0.4 is 5.32 Å². The minimum Gasteiger partial charge on any atom is -0.293 e. The molecule has 3 nitrogen and oxygen atoms in total. The molecule has 0 amide bonds. The Balaban J connectivity index is 2.05. The first-order valence-electron chi connectivity index (χ1n) is 5.58. The molecule has 0 aliphatic rings. The van der Waals surface area contributed by atoms with Gasteiger partial charge in [0.1, 0.15) is 11.9 Å². The number of nitrogens with one attached hydrogen (secondary N) is 1. The Hall–Kier alpha value is -2.25. The summed E-state index contributed by atoms with van der Waals surface area (Å²) in [7, 11) is 0. The third-order valence-electron chi connectivity index (χ3n) is 2.57. The fourth-order valence-corrected chi connectivity index (χ4v) is 1.62. The van der Waals surface area contributed by atoms with Crippen molar-refractivity contribution >= 4 is 0 Å². The second kappa shape index (κ2) is 5.89. The number of hydrogen-bond donors (Lipinski definition) is 1. The average molecular weight is 241 g/mol. The van der Waals surface area contributed by atoms with Crippen LogP contribution in [0.2, 0.25) is 0 Å². The fourth-order valence-electron chi connectivity index (χ4n) is 1.62. The van der Waals surface area contributed by atoms with Gasteiger partial charge < -0.3 is 0 Å². The van der Waals surface area contributed by atoms with Crippen LogP contribution in [-0.4, -0.2) is 4.98 Å².